The quantitative estimate of drug-likeness (QED) is 0.558. The summed E-state index contributed by atoms with van der Waals surface area (Å²) in [6.45, 7) is 3.71. The van der Waals surface area contributed by atoms with Crippen LogP contribution in [0.3, 0.4) is 0 Å². The first kappa shape index (κ1) is 19.1. The van der Waals surface area contributed by atoms with Crippen molar-refractivity contribution in [3.63, 3.8) is 0 Å². The van der Waals surface area contributed by atoms with Crippen molar-refractivity contribution in [1.82, 2.24) is 4.57 Å². The van der Waals surface area contributed by atoms with Gasteiger partial charge in [0.25, 0.3) is 5.91 Å². The molecule has 0 unspecified atom stereocenters. The molecule has 0 spiro atoms. The van der Waals surface area contributed by atoms with Crippen molar-refractivity contribution in [3.8, 4) is 11.5 Å². The molecule has 3 rings (SSSR count). The Morgan fingerprint density at radius 1 is 1.11 bits per heavy atom. The van der Waals surface area contributed by atoms with E-state index in [1.165, 1.54) is 11.3 Å². The summed E-state index contributed by atoms with van der Waals surface area (Å²) in [5.41, 5.74) is 1.05. The first-order valence-corrected chi connectivity index (χ1v) is 9.53. The van der Waals surface area contributed by atoms with Crippen LogP contribution in [0.4, 0.5) is 0 Å². The minimum atomic E-state index is -0.331. The number of aromatic nitrogens is 1. The minimum Gasteiger partial charge on any atom is -0.497 e. The predicted octanol–water partition coefficient (Wildman–Crippen LogP) is 3.25. The Balaban J connectivity index is 1.76. The molecule has 0 aliphatic carbocycles. The third-order valence-electron chi connectivity index (χ3n) is 3.89. The molecule has 6 nitrogen and oxygen atoms in total. The van der Waals surface area contributed by atoms with Gasteiger partial charge in [-0.05, 0) is 43.3 Å². The summed E-state index contributed by atoms with van der Waals surface area (Å²) in [4.78, 5) is 17.2. The Kier molecular flexibility index (Phi) is 6.62. The lowest BCUT2D eigenvalue weighted by molar-refractivity contribution is -0.120. The number of hydrogen-bond acceptors (Lipinski definition) is 5. The summed E-state index contributed by atoms with van der Waals surface area (Å²) >= 11 is 1.48. The zero-order chi connectivity index (χ0) is 19.1. The molecule has 1 amide bonds. The fourth-order valence-electron chi connectivity index (χ4n) is 2.58. The Hall–Kier alpha value is -2.64. The molecule has 0 saturated heterocycles. The summed E-state index contributed by atoms with van der Waals surface area (Å²) in [6.07, 6.45) is 0. The molecule has 1 heterocycles. The van der Waals surface area contributed by atoms with Crippen LogP contribution in [-0.2, 0) is 16.1 Å². The van der Waals surface area contributed by atoms with E-state index in [9.17, 15) is 4.79 Å². The van der Waals surface area contributed by atoms with Crippen molar-refractivity contribution in [2.45, 2.75) is 13.5 Å². The topological polar surface area (TPSA) is 62.1 Å². The molecule has 0 atom stereocenters. The van der Waals surface area contributed by atoms with E-state index in [-0.39, 0.29) is 12.5 Å². The molecular weight excluding hydrogens is 364 g/mol. The van der Waals surface area contributed by atoms with E-state index in [2.05, 4.69) is 4.99 Å². The Bertz CT molecular complexity index is 960. The van der Waals surface area contributed by atoms with E-state index < -0.39 is 0 Å². The highest BCUT2D eigenvalue weighted by Gasteiger charge is 2.08. The van der Waals surface area contributed by atoms with Gasteiger partial charge in [0.1, 0.15) is 11.5 Å². The lowest BCUT2D eigenvalue weighted by Gasteiger charge is -2.06. The van der Waals surface area contributed by atoms with Crippen molar-refractivity contribution < 1.29 is 19.0 Å². The summed E-state index contributed by atoms with van der Waals surface area (Å²) in [6, 6.07) is 15.1. The number of benzene rings is 2. The van der Waals surface area contributed by atoms with Gasteiger partial charge < -0.3 is 18.8 Å². The number of carbonyl (C=O) groups excluding carboxylic acids is 1. The molecular formula is C20H22N2O4S. The molecule has 0 radical (unpaired) electrons. The SMILES string of the molecule is CCOCCn1c(=NC(=O)COc2ccc(OC)cc2)sc2ccccc21. The van der Waals surface area contributed by atoms with Gasteiger partial charge in [-0.3, -0.25) is 4.79 Å². The zero-order valence-corrected chi connectivity index (χ0v) is 16.2. The van der Waals surface area contributed by atoms with Gasteiger partial charge >= 0.3 is 0 Å². The Morgan fingerprint density at radius 2 is 1.85 bits per heavy atom. The Morgan fingerprint density at radius 3 is 2.59 bits per heavy atom. The van der Waals surface area contributed by atoms with Crippen molar-refractivity contribution in [1.29, 1.82) is 0 Å². The maximum Gasteiger partial charge on any atom is 0.286 e. The normalized spacial score (nSPS) is 11.7. The van der Waals surface area contributed by atoms with Gasteiger partial charge in [-0.1, -0.05) is 23.5 Å². The lowest BCUT2D eigenvalue weighted by atomic mass is 10.3. The first-order valence-electron chi connectivity index (χ1n) is 8.71. The van der Waals surface area contributed by atoms with Crippen LogP contribution in [0.1, 0.15) is 6.92 Å². The number of ether oxygens (including phenoxy) is 3. The third kappa shape index (κ3) is 4.96. The number of carbonyl (C=O) groups is 1. The van der Waals surface area contributed by atoms with Crippen LogP contribution in [0.15, 0.2) is 53.5 Å². The summed E-state index contributed by atoms with van der Waals surface area (Å²) in [7, 11) is 1.60. The van der Waals surface area contributed by atoms with E-state index in [4.69, 9.17) is 14.2 Å². The van der Waals surface area contributed by atoms with Gasteiger partial charge in [-0.2, -0.15) is 4.99 Å². The van der Waals surface area contributed by atoms with E-state index in [1.807, 2.05) is 35.8 Å². The zero-order valence-electron chi connectivity index (χ0n) is 15.4. The summed E-state index contributed by atoms with van der Waals surface area (Å²) < 4.78 is 19.2. The fourth-order valence-corrected chi connectivity index (χ4v) is 3.65. The van der Waals surface area contributed by atoms with Crippen molar-refractivity contribution in [2.24, 2.45) is 4.99 Å². The summed E-state index contributed by atoms with van der Waals surface area (Å²) in [5.74, 6) is 1.00. The molecule has 0 aliphatic rings. The van der Waals surface area contributed by atoms with Crippen molar-refractivity contribution in [3.05, 3.63) is 53.3 Å². The molecule has 142 valence electrons. The molecule has 0 saturated carbocycles. The maximum atomic E-state index is 12.3. The van der Waals surface area contributed by atoms with Gasteiger partial charge in [0.15, 0.2) is 11.4 Å². The number of amides is 1. The maximum absolute atomic E-state index is 12.3. The van der Waals surface area contributed by atoms with Crippen molar-refractivity contribution in [2.75, 3.05) is 26.9 Å². The number of rotatable bonds is 8. The standard InChI is InChI=1S/C20H22N2O4S/c1-3-25-13-12-22-17-6-4-5-7-18(17)27-20(22)21-19(23)14-26-16-10-8-15(24-2)9-11-16/h4-11H,3,12-14H2,1-2H3. The number of thiazole rings is 1. The van der Waals surface area contributed by atoms with E-state index >= 15 is 0 Å². The first-order chi connectivity index (χ1) is 13.2. The van der Waals surface area contributed by atoms with E-state index in [0.29, 0.717) is 30.3 Å². The summed E-state index contributed by atoms with van der Waals surface area (Å²) in [5, 5.41) is 0. The molecule has 0 bridgehead atoms. The monoisotopic (exact) mass is 386 g/mol. The highest BCUT2D eigenvalue weighted by molar-refractivity contribution is 7.16. The molecule has 0 fully saturated rings. The highest BCUT2D eigenvalue weighted by Crippen LogP contribution is 2.18. The van der Waals surface area contributed by atoms with Crippen LogP contribution in [0.25, 0.3) is 10.2 Å². The average Bonchev–Trinajstić information content (AvgIpc) is 3.04. The van der Waals surface area contributed by atoms with Crippen LogP contribution in [0.5, 0.6) is 11.5 Å². The smallest absolute Gasteiger partial charge is 0.286 e. The van der Waals surface area contributed by atoms with Crippen LogP contribution in [0.2, 0.25) is 0 Å². The second-order valence-electron chi connectivity index (χ2n) is 5.67. The minimum absolute atomic E-state index is 0.119. The van der Waals surface area contributed by atoms with Gasteiger partial charge in [-0.15, -0.1) is 0 Å². The van der Waals surface area contributed by atoms with E-state index in [0.717, 1.165) is 16.0 Å². The second kappa shape index (κ2) is 9.34. The molecule has 3 aromatic rings. The van der Waals surface area contributed by atoms with Gasteiger partial charge in [0.05, 0.1) is 23.9 Å². The highest BCUT2D eigenvalue weighted by atomic mass is 32.1. The molecule has 7 heteroatoms. The Labute approximate surface area is 161 Å². The molecule has 1 aromatic heterocycles. The number of nitrogens with zero attached hydrogens (tertiary/aromatic N) is 2. The molecule has 2 aromatic carbocycles. The number of hydrogen-bond donors (Lipinski definition) is 0. The van der Waals surface area contributed by atoms with Gasteiger partial charge in [0, 0.05) is 13.2 Å². The van der Waals surface area contributed by atoms with E-state index in [1.54, 1.807) is 31.4 Å². The van der Waals surface area contributed by atoms with Crippen LogP contribution < -0.4 is 14.3 Å². The largest absolute Gasteiger partial charge is 0.497 e. The fraction of sp³-hybridized carbons (Fsp3) is 0.300. The number of fused-ring (bicyclic) bond motifs is 1. The molecule has 27 heavy (non-hydrogen) atoms. The second-order valence-corrected chi connectivity index (χ2v) is 6.68. The van der Waals surface area contributed by atoms with Crippen LogP contribution in [-0.4, -0.2) is 37.4 Å². The van der Waals surface area contributed by atoms with Crippen LogP contribution in [0, 0.1) is 0 Å². The number of para-hydroxylation sites is 1. The van der Waals surface area contributed by atoms with Crippen LogP contribution >= 0.6 is 11.3 Å². The lowest BCUT2D eigenvalue weighted by Crippen LogP contribution is -2.21. The van der Waals surface area contributed by atoms with Gasteiger partial charge in [-0.25, -0.2) is 0 Å². The van der Waals surface area contributed by atoms with Crippen molar-refractivity contribution >= 4 is 27.5 Å². The molecule has 0 aliphatic heterocycles. The third-order valence-corrected chi connectivity index (χ3v) is 4.95. The molecule has 0 N–H and O–H groups in total. The average molecular weight is 386 g/mol. The number of methoxy groups -OCH3 is 1. The van der Waals surface area contributed by atoms with Gasteiger partial charge in [0.2, 0.25) is 0 Å². The predicted molar refractivity (Wildman–Crippen MR) is 105 cm³/mol.